The highest BCUT2D eigenvalue weighted by Crippen LogP contribution is 2.14. The van der Waals surface area contributed by atoms with E-state index in [-0.39, 0.29) is 0 Å². The van der Waals surface area contributed by atoms with Crippen LogP contribution in [0.1, 0.15) is 19.6 Å². The molecule has 0 bridgehead atoms. The molecule has 1 aromatic rings. The van der Waals surface area contributed by atoms with Crippen LogP contribution in [-0.4, -0.2) is 30.1 Å². The first kappa shape index (κ1) is 9.74. The average molecular weight is 194 g/mol. The summed E-state index contributed by atoms with van der Waals surface area (Å²) in [5.74, 6) is 1.06. The van der Waals surface area contributed by atoms with E-state index in [1.807, 2.05) is 12.1 Å². The second-order valence-electron chi connectivity index (χ2n) is 4.11. The van der Waals surface area contributed by atoms with Gasteiger partial charge in [-0.05, 0) is 26.0 Å². The van der Waals surface area contributed by atoms with Gasteiger partial charge < -0.3 is 9.73 Å². The van der Waals surface area contributed by atoms with Gasteiger partial charge in [-0.15, -0.1) is 0 Å². The molecule has 0 aromatic carbocycles. The van der Waals surface area contributed by atoms with Crippen LogP contribution in [0.2, 0.25) is 0 Å². The highest BCUT2D eigenvalue weighted by molar-refractivity contribution is 4.99. The minimum absolute atomic E-state index is 0.587. The lowest BCUT2D eigenvalue weighted by molar-refractivity contribution is 0.0999. The molecule has 2 heterocycles. The number of hydrogen-bond donors (Lipinski definition) is 1. The van der Waals surface area contributed by atoms with Gasteiger partial charge in [0.15, 0.2) is 0 Å². The molecule has 3 nitrogen and oxygen atoms in total. The molecule has 1 fully saturated rings. The molecule has 0 spiro atoms. The molecule has 1 aromatic heterocycles. The van der Waals surface area contributed by atoms with Crippen LogP contribution in [0.4, 0.5) is 0 Å². The predicted molar refractivity (Wildman–Crippen MR) is 56.0 cm³/mol. The third kappa shape index (κ3) is 1.99. The normalized spacial score (nSPS) is 29.3. The summed E-state index contributed by atoms with van der Waals surface area (Å²) in [5, 5.41) is 3.42. The zero-order valence-electron chi connectivity index (χ0n) is 8.86. The molecule has 3 heteroatoms. The van der Waals surface area contributed by atoms with Crippen molar-refractivity contribution in [2.24, 2.45) is 0 Å². The summed E-state index contributed by atoms with van der Waals surface area (Å²) in [5.41, 5.74) is 0. The molecule has 1 saturated heterocycles. The van der Waals surface area contributed by atoms with Crippen molar-refractivity contribution >= 4 is 0 Å². The van der Waals surface area contributed by atoms with Gasteiger partial charge >= 0.3 is 0 Å². The molecule has 2 rings (SSSR count). The smallest absolute Gasteiger partial charge is 0.117 e. The van der Waals surface area contributed by atoms with Crippen LogP contribution >= 0.6 is 0 Å². The fourth-order valence-corrected chi connectivity index (χ4v) is 2.06. The van der Waals surface area contributed by atoms with Crippen molar-refractivity contribution in [2.75, 3.05) is 13.1 Å². The molecular weight excluding hydrogens is 176 g/mol. The maximum atomic E-state index is 5.37. The highest BCUT2D eigenvalue weighted by Gasteiger charge is 2.24. The zero-order valence-corrected chi connectivity index (χ0v) is 8.86. The van der Waals surface area contributed by atoms with Crippen LogP contribution in [0, 0.1) is 0 Å². The standard InChI is InChI=1S/C11H18N2O/c1-9-6-12-7-10(2)13(9)8-11-4-3-5-14-11/h3-5,9-10,12H,6-8H2,1-2H3. The number of nitrogens with one attached hydrogen (secondary N) is 1. The molecule has 0 aliphatic carbocycles. The maximum absolute atomic E-state index is 5.37. The SMILES string of the molecule is CC1CNCC(C)N1Cc1ccco1. The van der Waals surface area contributed by atoms with Gasteiger partial charge in [-0.3, -0.25) is 4.90 Å². The van der Waals surface area contributed by atoms with E-state index in [1.165, 1.54) is 0 Å². The van der Waals surface area contributed by atoms with Crippen LogP contribution in [0.3, 0.4) is 0 Å². The Kier molecular flexibility index (Phi) is 2.89. The summed E-state index contributed by atoms with van der Waals surface area (Å²) in [6, 6.07) is 5.17. The van der Waals surface area contributed by atoms with E-state index in [2.05, 4.69) is 24.1 Å². The lowest BCUT2D eigenvalue weighted by Crippen LogP contribution is -2.54. The van der Waals surface area contributed by atoms with Crippen molar-refractivity contribution < 1.29 is 4.42 Å². The number of rotatable bonds is 2. The van der Waals surface area contributed by atoms with Gasteiger partial charge in [-0.25, -0.2) is 0 Å². The predicted octanol–water partition coefficient (Wildman–Crippen LogP) is 1.46. The van der Waals surface area contributed by atoms with E-state index in [9.17, 15) is 0 Å². The van der Waals surface area contributed by atoms with E-state index in [1.54, 1.807) is 6.26 Å². The Labute approximate surface area is 85.1 Å². The lowest BCUT2D eigenvalue weighted by Gasteiger charge is -2.38. The van der Waals surface area contributed by atoms with Gasteiger partial charge in [0.05, 0.1) is 12.8 Å². The third-order valence-corrected chi connectivity index (χ3v) is 2.93. The van der Waals surface area contributed by atoms with Gasteiger partial charge in [0, 0.05) is 25.2 Å². The molecule has 0 saturated carbocycles. The fraction of sp³-hybridized carbons (Fsp3) is 0.636. The van der Waals surface area contributed by atoms with Gasteiger partial charge in [-0.1, -0.05) is 0 Å². The Morgan fingerprint density at radius 2 is 2.14 bits per heavy atom. The van der Waals surface area contributed by atoms with Gasteiger partial charge in [0.2, 0.25) is 0 Å². The summed E-state index contributed by atoms with van der Waals surface area (Å²) in [7, 11) is 0. The van der Waals surface area contributed by atoms with Gasteiger partial charge in [-0.2, -0.15) is 0 Å². The van der Waals surface area contributed by atoms with Crippen LogP contribution in [0.5, 0.6) is 0 Å². The second kappa shape index (κ2) is 4.15. The quantitative estimate of drug-likeness (QED) is 0.772. The largest absolute Gasteiger partial charge is 0.468 e. The minimum atomic E-state index is 0.587. The molecule has 1 N–H and O–H groups in total. The summed E-state index contributed by atoms with van der Waals surface area (Å²) in [4.78, 5) is 2.48. The highest BCUT2D eigenvalue weighted by atomic mass is 16.3. The molecule has 1 aliphatic rings. The first-order chi connectivity index (χ1) is 6.77. The summed E-state index contributed by atoms with van der Waals surface area (Å²) in [6.45, 7) is 7.59. The zero-order chi connectivity index (χ0) is 9.97. The van der Waals surface area contributed by atoms with E-state index in [0.29, 0.717) is 12.1 Å². The molecule has 78 valence electrons. The fourth-order valence-electron chi connectivity index (χ4n) is 2.06. The summed E-state index contributed by atoms with van der Waals surface area (Å²) >= 11 is 0. The third-order valence-electron chi connectivity index (χ3n) is 2.93. The Hall–Kier alpha value is -0.800. The van der Waals surface area contributed by atoms with E-state index in [0.717, 1.165) is 25.4 Å². The Morgan fingerprint density at radius 1 is 1.43 bits per heavy atom. The second-order valence-corrected chi connectivity index (χ2v) is 4.11. The molecule has 14 heavy (non-hydrogen) atoms. The number of furan rings is 1. The molecule has 2 unspecified atom stereocenters. The molecule has 0 amide bonds. The van der Waals surface area contributed by atoms with Gasteiger partial charge in [0.25, 0.3) is 0 Å². The average Bonchev–Trinajstić information content (AvgIpc) is 2.64. The molecule has 1 aliphatic heterocycles. The topological polar surface area (TPSA) is 28.4 Å². The van der Waals surface area contributed by atoms with Crippen molar-refractivity contribution in [1.82, 2.24) is 10.2 Å². The molecular formula is C11H18N2O. The van der Waals surface area contributed by atoms with Gasteiger partial charge in [0.1, 0.15) is 5.76 Å². The number of hydrogen-bond acceptors (Lipinski definition) is 3. The monoisotopic (exact) mass is 194 g/mol. The van der Waals surface area contributed by atoms with Crippen molar-refractivity contribution in [3.8, 4) is 0 Å². The first-order valence-electron chi connectivity index (χ1n) is 5.26. The van der Waals surface area contributed by atoms with E-state index in [4.69, 9.17) is 4.42 Å². The number of nitrogens with zero attached hydrogens (tertiary/aromatic N) is 1. The Bertz CT molecular complexity index is 261. The Balaban J connectivity index is 2.01. The van der Waals surface area contributed by atoms with E-state index < -0.39 is 0 Å². The lowest BCUT2D eigenvalue weighted by atomic mass is 10.1. The molecule has 2 atom stereocenters. The van der Waals surface area contributed by atoms with Crippen LogP contribution in [0.25, 0.3) is 0 Å². The van der Waals surface area contributed by atoms with E-state index >= 15 is 0 Å². The number of piperazine rings is 1. The first-order valence-corrected chi connectivity index (χ1v) is 5.26. The van der Waals surface area contributed by atoms with Crippen LogP contribution in [-0.2, 0) is 6.54 Å². The summed E-state index contributed by atoms with van der Waals surface area (Å²) < 4.78 is 5.37. The van der Waals surface area contributed by atoms with Crippen molar-refractivity contribution in [2.45, 2.75) is 32.5 Å². The van der Waals surface area contributed by atoms with Crippen LogP contribution in [0.15, 0.2) is 22.8 Å². The maximum Gasteiger partial charge on any atom is 0.117 e. The van der Waals surface area contributed by atoms with Crippen molar-refractivity contribution in [1.29, 1.82) is 0 Å². The van der Waals surface area contributed by atoms with Crippen molar-refractivity contribution in [3.05, 3.63) is 24.2 Å². The summed E-state index contributed by atoms with van der Waals surface area (Å²) in [6.07, 6.45) is 1.74. The van der Waals surface area contributed by atoms with Crippen molar-refractivity contribution in [3.63, 3.8) is 0 Å². The van der Waals surface area contributed by atoms with Crippen LogP contribution < -0.4 is 5.32 Å². The Morgan fingerprint density at radius 3 is 2.71 bits per heavy atom. The minimum Gasteiger partial charge on any atom is -0.468 e. The molecule has 0 radical (unpaired) electrons.